The average molecular weight is 310 g/mol. The Morgan fingerprint density at radius 1 is 1.26 bits per heavy atom. The van der Waals surface area contributed by atoms with E-state index in [2.05, 4.69) is 61.6 Å². The van der Waals surface area contributed by atoms with Gasteiger partial charge in [0.2, 0.25) is 5.91 Å². The first kappa shape index (κ1) is 16.0. The van der Waals surface area contributed by atoms with Crippen LogP contribution in [0, 0.1) is 11.8 Å². The van der Waals surface area contributed by atoms with Gasteiger partial charge in [-0.15, -0.1) is 0 Å². The van der Waals surface area contributed by atoms with Crippen molar-refractivity contribution in [2.45, 2.75) is 38.6 Å². The Balaban J connectivity index is 1.71. The van der Waals surface area contributed by atoms with Crippen molar-refractivity contribution in [3.63, 3.8) is 0 Å². The maximum absolute atomic E-state index is 12.6. The predicted molar refractivity (Wildman–Crippen MR) is 95.2 cm³/mol. The summed E-state index contributed by atoms with van der Waals surface area (Å²) in [5, 5.41) is 5.66. The van der Waals surface area contributed by atoms with Gasteiger partial charge in [-0.3, -0.25) is 4.79 Å². The van der Waals surface area contributed by atoms with E-state index in [1.807, 2.05) is 6.92 Å². The Morgan fingerprint density at radius 2 is 1.96 bits per heavy atom. The number of benzene rings is 2. The normalized spacial score (nSPS) is 22.8. The second-order valence-electron chi connectivity index (χ2n) is 7.32. The van der Waals surface area contributed by atoms with Crippen LogP contribution in [0.5, 0.6) is 0 Å². The van der Waals surface area contributed by atoms with Gasteiger partial charge in [0.05, 0.1) is 5.54 Å². The monoisotopic (exact) mass is 310 g/mol. The largest absolute Gasteiger partial charge is 0.349 e. The molecule has 3 atom stereocenters. The molecular weight excluding hydrogens is 284 g/mol. The molecule has 1 aliphatic rings. The van der Waals surface area contributed by atoms with Crippen LogP contribution in [0.1, 0.15) is 38.7 Å². The van der Waals surface area contributed by atoms with Gasteiger partial charge in [0.1, 0.15) is 0 Å². The summed E-state index contributed by atoms with van der Waals surface area (Å²) in [6.07, 6.45) is 0.933. The van der Waals surface area contributed by atoms with Gasteiger partial charge in [-0.05, 0) is 41.5 Å². The lowest BCUT2D eigenvalue weighted by atomic mass is 9.88. The topological polar surface area (TPSA) is 55.1 Å². The minimum Gasteiger partial charge on any atom is -0.349 e. The van der Waals surface area contributed by atoms with E-state index in [0.29, 0.717) is 18.4 Å². The van der Waals surface area contributed by atoms with Crippen molar-refractivity contribution in [1.29, 1.82) is 0 Å². The molecule has 0 spiro atoms. The van der Waals surface area contributed by atoms with Crippen molar-refractivity contribution in [2.75, 3.05) is 6.54 Å². The molecule has 3 nitrogen and oxygen atoms in total. The van der Waals surface area contributed by atoms with E-state index in [-0.39, 0.29) is 17.4 Å². The number of rotatable bonds is 5. The summed E-state index contributed by atoms with van der Waals surface area (Å²) in [4.78, 5) is 12.6. The molecule has 1 amide bonds. The number of hydrogen-bond donors (Lipinski definition) is 2. The van der Waals surface area contributed by atoms with Crippen molar-refractivity contribution < 1.29 is 4.79 Å². The van der Waals surface area contributed by atoms with E-state index in [1.165, 1.54) is 16.3 Å². The average Bonchev–Trinajstić information content (AvgIpc) is 3.35. The van der Waals surface area contributed by atoms with Gasteiger partial charge in [0.25, 0.3) is 0 Å². The Kier molecular flexibility index (Phi) is 4.15. The minimum atomic E-state index is -0.326. The van der Waals surface area contributed by atoms with Gasteiger partial charge >= 0.3 is 0 Å². The van der Waals surface area contributed by atoms with E-state index in [9.17, 15) is 4.79 Å². The van der Waals surface area contributed by atoms with Crippen LogP contribution in [0.15, 0.2) is 42.5 Å². The molecule has 0 aromatic heterocycles. The standard InChI is InChI=1S/C20H26N2O/c1-13(2)20(3,12-21)22-19(23)18-11-17(18)16-9-8-14-6-4-5-7-15(14)10-16/h4-10,13,17-18H,11-12,21H2,1-3H3,(H,22,23). The Morgan fingerprint density at radius 3 is 2.61 bits per heavy atom. The Hall–Kier alpha value is -1.87. The highest BCUT2D eigenvalue weighted by Gasteiger charge is 2.45. The van der Waals surface area contributed by atoms with Crippen LogP contribution in [0.2, 0.25) is 0 Å². The van der Waals surface area contributed by atoms with Gasteiger partial charge in [-0.2, -0.15) is 0 Å². The lowest BCUT2D eigenvalue weighted by molar-refractivity contribution is -0.124. The summed E-state index contributed by atoms with van der Waals surface area (Å²) in [6, 6.07) is 14.9. The highest BCUT2D eigenvalue weighted by molar-refractivity contribution is 5.86. The molecular formula is C20H26N2O. The molecule has 3 N–H and O–H groups in total. The van der Waals surface area contributed by atoms with Gasteiger partial charge in [0.15, 0.2) is 0 Å². The highest BCUT2D eigenvalue weighted by atomic mass is 16.2. The molecule has 1 fully saturated rings. The smallest absolute Gasteiger partial charge is 0.224 e. The molecule has 3 unspecified atom stereocenters. The zero-order valence-corrected chi connectivity index (χ0v) is 14.2. The molecule has 23 heavy (non-hydrogen) atoms. The molecule has 2 aromatic carbocycles. The minimum absolute atomic E-state index is 0.0841. The molecule has 2 aromatic rings. The number of nitrogens with one attached hydrogen (secondary N) is 1. The highest BCUT2D eigenvalue weighted by Crippen LogP contribution is 2.48. The first-order valence-corrected chi connectivity index (χ1v) is 8.45. The molecule has 3 heteroatoms. The van der Waals surface area contributed by atoms with Gasteiger partial charge < -0.3 is 11.1 Å². The van der Waals surface area contributed by atoms with Crippen LogP contribution in [0.25, 0.3) is 10.8 Å². The summed E-state index contributed by atoms with van der Waals surface area (Å²) in [5.41, 5.74) is 6.81. The number of hydrogen-bond acceptors (Lipinski definition) is 2. The fraction of sp³-hybridized carbons (Fsp3) is 0.450. The molecule has 1 aliphatic carbocycles. The van der Waals surface area contributed by atoms with Gasteiger partial charge in [0, 0.05) is 12.5 Å². The van der Waals surface area contributed by atoms with Gasteiger partial charge in [-0.1, -0.05) is 56.3 Å². The van der Waals surface area contributed by atoms with E-state index < -0.39 is 0 Å². The quantitative estimate of drug-likeness (QED) is 0.889. The summed E-state index contributed by atoms with van der Waals surface area (Å²) in [7, 11) is 0. The fourth-order valence-corrected chi connectivity index (χ4v) is 3.10. The fourth-order valence-electron chi connectivity index (χ4n) is 3.10. The van der Waals surface area contributed by atoms with E-state index >= 15 is 0 Å². The molecule has 1 saturated carbocycles. The molecule has 0 saturated heterocycles. The van der Waals surface area contributed by atoms with Gasteiger partial charge in [-0.25, -0.2) is 0 Å². The lowest BCUT2D eigenvalue weighted by Crippen LogP contribution is -2.55. The molecule has 0 aliphatic heterocycles. The van der Waals surface area contributed by atoms with E-state index in [0.717, 1.165) is 6.42 Å². The Bertz CT molecular complexity index is 724. The van der Waals surface area contributed by atoms with Crippen LogP contribution < -0.4 is 11.1 Å². The first-order chi connectivity index (χ1) is 10.9. The zero-order chi connectivity index (χ0) is 16.6. The first-order valence-electron chi connectivity index (χ1n) is 8.45. The second kappa shape index (κ2) is 5.97. The lowest BCUT2D eigenvalue weighted by Gasteiger charge is -2.33. The zero-order valence-electron chi connectivity index (χ0n) is 14.2. The summed E-state index contributed by atoms with van der Waals surface area (Å²) < 4.78 is 0. The number of carbonyl (C=O) groups excluding carboxylic acids is 1. The summed E-state index contributed by atoms with van der Waals surface area (Å²) in [5.74, 6) is 0.883. The number of carbonyl (C=O) groups is 1. The van der Waals surface area contributed by atoms with E-state index in [4.69, 9.17) is 5.73 Å². The molecule has 0 radical (unpaired) electrons. The molecule has 122 valence electrons. The van der Waals surface area contributed by atoms with Crippen LogP contribution in [-0.2, 0) is 4.79 Å². The molecule has 3 rings (SSSR count). The van der Waals surface area contributed by atoms with Crippen LogP contribution in [0.4, 0.5) is 0 Å². The number of fused-ring (bicyclic) bond motifs is 1. The van der Waals surface area contributed by atoms with Crippen molar-refractivity contribution in [3.05, 3.63) is 48.0 Å². The SMILES string of the molecule is CC(C)C(C)(CN)NC(=O)C1CC1c1ccc2ccccc2c1. The summed E-state index contributed by atoms with van der Waals surface area (Å²) in [6.45, 7) is 6.69. The number of amides is 1. The predicted octanol–water partition coefficient (Wildman–Crippen LogP) is 3.43. The van der Waals surface area contributed by atoms with Crippen LogP contribution >= 0.6 is 0 Å². The maximum atomic E-state index is 12.6. The third-order valence-electron chi connectivity index (χ3n) is 5.44. The molecule has 0 bridgehead atoms. The molecule has 0 heterocycles. The maximum Gasteiger partial charge on any atom is 0.224 e. The Labute approximate surface area is 138 Å². The third kappa shape index (κ3) is 3.11. The van der Waals surface area contributed by atoms with E-state index in [1.54, 1.807) is 0 Å². The van der Waals surface area contributed by atoms with Crippen LogP contribution in [0.3, 0.4) is 0 Å². The van der Waals surface area contributed by atoms with Crippen molar-refractivity contribution in [1.82, 2.24) is 5.32 Å². The van der Waals surface area contributed by atoms with Crippen molar-refractivity contribution in [3.8, 4) is 0 Å². The van der Waals surface area contributed by atoms with Crippen LogP contribution in [-0.4, -0.2) is 18.0 Å². The van der Waals surface area contributed by atoms with Crippen molar-refractivity contribution in [2.24, 2.45) is 17.6 Å². The van der Waals surface area contributed by atoms with Crippen molar-refractivity contribution >= 4 is 16.7 Å². The second-order valence-corrected chi connectivity index (χ2v) is 7.32. The third-order valence-corrected chi connectivity index (χ3v) is 5.44. The summed E-state index contributed by atoms with van der Waals surface area (Å²) >= 11 is 0. The number of nitrogens with two attached hydrogens (primary N) is 1.